The van der Waals surface area contributed by atoms with Gasteiger partial charge in [-0.2, -0.15) is 0 Å². The van der Waals surface area contributed by atoms with Gasteiger partial charge in [0.1, 0.15) is 0 Å². The van der Waals surface area contributed by atoms with Crippen LogP contribution >= 0.6 is 11.6 Å². The lowest BCUT2D eigenvalue weighted by atomic mass is 10.3. The SMILES string of the molecule is COc1cccc(OC)c1OCCC(=O)Cl. The Labute approximate surface area is 99.1 Å². The van der Waals surface area contributed by atoms with Crippen LogP contribution in [0.1, 0.15) is 6.42 Å². The Morgan fingerprint density at radius 1 is 1.25 bits per heavy atom. The molecule has 0 aliphatic carbocycles. The molecule has 1 aromatic rings. The highest BCUT2D eigenvalue weighted by atomic mass is 35.5. The summed E-state index contributed by atoms with van der Waals surface area (Å²) >= 11 is 5.21. The van der Waals surface area contributed by atoms with Gasteiger partial charge in [-0.25, -0.2) is 0 Å². The molecule has 1 rings (SSSR count). The minimum Gasteiger partial charge on any atom is -0.493 e. The van der Waals surface area contributed by atoms with E-state index in [4.69, 9.17) is 25.8 Å². The number of hydrogen-bond donors (Lipinski definition) is 0. The monoisotopic (exact) mass is 244 g/mol. The molecule has 0 amide bonds. The van der Waals surface area contributed by atoms with Gasteiger partial charge in [0.2, 0.25) is 11.0 Å². The van der Waals surface area contributed by atoms with Gasteiger partial charge in [-0.15, -0.1) is 0 Å². The van der Waals surface area contributed by atoms with E-state index in [0.29, 0.717) is 17.2 Å². The molecule has 0 aromatic heterocycles. The average Bonchev–Trinajstić information content (AvgIpc) is 2.28. The zero-order valence-corrected chi connectivity index (χ0v) is 9.91. The minimum absolute atomic E-state index is 0.142. The minimum atomic E-state index is -0.436. The van der Waals surface area contributed by atoms with Crippen molar-refractivity contribution in [2.24, 2.45) is 0 Å². The predicted octanol–water partition coefficient (Wildman–Crippen LogP) is 2.24. The van der Waals surface area contributed by atoms with E-state index in [0.717, 1.165) is 0 Å². The second kappa shape index (κ2) is 6.23. The molecule has 5 heteroatoms. The van der Waals surface area contributed by atoms with Crippen molar-refractivity contribution >= 4 is 16.8 Å². The van der Waals surface area contributed by atoms with E-state index in [-0.39, 0.29) is 13.0 Å². The molecule has 1 aromatic carbocycles. The Kier molecular flexibility index (Phi) is 4.92. The molecular formula is C11H13ClO4. The molecule has 0 saturated heterocycles. The van der Waals surface area contributed by atoms with E-state index in [1.807, 2.05) is 0 Å². The first-order valence-electron chi connectivity index (χ1n) is 4.71. The van der Waals surface area contributed by atoms with Crippen LogP contribution in [0.2, 0.25) is 0 Å². The molecular weight excluding hydrogens is 232 g/mol. The fourth-order valence-electron chi connectivity index (χ4n) is 1.19. The van der Waals surface area contributed by atoms with E-state index in [1.165, 1.54) is 14.2 Å². The maximum atomic E-state index is 10.6. The lowest BCUT2D eigenvalue weighted by molar-refractivity contribution is -0.112. The van der Waals surface area contributed by atoms with Gasteiger partial charge in [-0.3, -0.25) is 4.79 Å². The molecule has 88 valence electrons. The lowest BCUT2D eigenvalue weighted by Crippen LogP contribution is -2.03. The second-order valence-corrected chi connectivity index (χ2v) is 3.37. The lowest BCUT2D eigenvalue weighted by Gasteiger charge is -2.13. The van der Waals surface area contributed by atoms with Crippen LogP contribution in [-0.4, -0.2) is 26.1 Å². The Balaban J connectivity index is 2.78. The Bertz CT molecular complexity index is 343. The van der Waals surface area contributed by atoms with Crippen LogP contribution in [-0.2, 0) is 4.79 Å². The normalized spacial score (nSPS) is 9.69. The number of halogens is 1. The third kappa shape index (κ3) is 3.31. The van der Waals surface area contributed by atoms with Gasteiger partial charge < -0.3 is 14.2 Å². The highest BCUT2D eigenvalue weighted by molar-refractivity contribution is 6.63. The van der Waals surface area contributed by atoms with Crippen LogP contribution in [0.4, 0.5) is 0 Å². The summed E-state index contributed by atoms with van der Waals surface area (Å²) in [5, 5.41) is -0.436. The highest BCUT2D eigenvalue weighted by Gasteiger charge is 2.11. The summed E-state index contributed by atoms with van der Waals surface area (Å²) in [5.41, 5.74) is 0. The van der Waals surface area contributed by atoms with Crippen LogP contribution in [0, 0.1) is 0 Å². The van der Waals surface area contributed by atoms with Crippen molar-refractivity contribution in [2.75, 3.05) is 20.8 Å². The molecule has 0 unspecified atom stereocenters. The highest BCUT2D eigenvalue weighted by Crippen LogP contribution is 2.36. The van der Waals surface area contributed by atoms with Crippen LogP contribution < -0.4 is 14.2 Å². The number of methoxy groups -OCH3 is 2. The Morgan fingerprint density at radius 3 is 2.25 bits per heavy atom. The van der Waals surface area contributed by atoms with Crippen LogP contribution in [0.25, 0.3) is 0 Å². The number of carbonyl (C=O) groups excluding carboxylic acids is 1. The summed E-state index contributed by atoms with van der Waals surface area (Å²) in [5.74, 6) is 1.59. The molecule has 0 aliphatic rings. The smallest absolute Gasteiger partial charge is 0.225 e. The van der Waals surface area contributed by atoms with Gasteiger partial charge in [0.05, 0.1) is 27.2 Å². The third-order valence-corrected chi connectivity index (χ3v) is 2.12. The van der Waals surface area contributed by atoms with Crippen molar-refractivity contribution in [2.45, 2.75) is 6.42 Å². The topological polar surface area (TPSA) is 44.8 Å². The molecule has 0 radical (unpaired) electrons. The van der Waals surface area contributed by atoms with Crippen molar-refractivity contribution in [3.8, 4) is 17.2 Å². The first-order chi connectivity index (χ1) is 7.69. The summed E-state index contributed by atoms with van der Waals surface area (Å²) in [6.07, 6.45) is 0.142. The summed E-state index contributed by atoms with van der Waals surface area (Å²) in [6, 6.07) is 5.29. The molecule has 0 bridgehead atoms. The van der Waals surface area contributed by atoms with E-state index in [9.17, 15) is 4.79 Å². The maximum absolute atomic E-state index is 10.6. The number of hydrogen-bond acceptors (Lipinski definition) is 4. The van der Waals surface area contributed by atoms with Gasteiger partial charge in [0, 0.05) is 0 Å². The van der Waals surface area contributed by atoms with E-state index in [1.54, 1.807) is 18.2 Å². The fraction of sp³-hybridized carbons (Fsp3) is 0.364. The van der Waals surface area contributed by atoms with Crippen LogP contribution in [0.15, 0.2) is 18.2 Å². The molecule has 0 heterocycles. The van der Waals surface area contributed by atoms with Crippen LogP contribution in [0.5, 0.6) is 17.2 Å². The Morgan fingerprint density at radius 2 is 1.81 bits per heavy atom. The number of rotatable bonds is 6. The van der Waals surface area contributed by atoms with Gasteiger partial charge in [-0.05, 0) is 23.7 Å². The van der Waals surface area contributed by atoms with E-state index >= 15 is 0 Å². The fourth-order valence-corrected chi connectivity index (χ4v) is 1.27. The number of carbonyl (C=O) groups is 1. The number of para-hydroxylation sites is 1. The van der Waals surface area contributed by atoms with Crippen molar-refractivity contribution < 1.29 is 19.0 Å². The molecule has 0 saturated carbocycles. The van der Waals surface area contributed by atoms with Gasteiger partial charge in [-0.1, -0.05) is 6.07 Å². The number of ether oxygens (including phenoxy) is 3. The molecule has 0 spiro atoms. The maximum Gasteiger partial charge on any atom is 0.225 e. The van der Waals surface area contributed by atoms with Gasteiger partial charge in [0.15, 0.2) is 11.5 Å². The second-order valence-electron chi connectivity index (χ2n) is 2.95. The zero-order valence-electron chi connectivity index (χ0n) is 9.16. The first-order valence-corrected chi connectivity index (χ1v) is 5.09. The Hall–Kier alpha value is -1.42. The summed E-state index contributed by atoms with van der Waals surface area (Å²) in [4.78, 5) is 10.6. The summed E-state index contributed by atoms with van der Waals surface area (Å²) in [6.45, 7) is 0.194. The van der Waals surface area contributed by atoms with Crippen molar-refractivity contribution in [3.05, 3.63) is 18.2 Å². The van der Waals surface area contributed by atoms with Gasteiger partial charge >= 0.3 is 0 Å². The molecule has 16 heavy (non-hydrogen) atoms. The van der Waals surface area contributed by atoms with Crippen molar-refractivity contribution in [1.29, 1.82) is 0 Å². The summed E-state index contributed by atoms with van der Waals surface area (Å²) < 4.78 is 15.7. The standard InChI is InChI=1S/C11H13ClO4/c1-14-8-4-3-5-9(15-2)11(8)16-7-6-10(12)13/h3-5H,6-7H2,1-2H3. The molecule has 0 aliphatic heterocycles. The van der Waals surface area contributed by atoms with E-state index in [2.05, 4.69) is 0 Å². The predicted molar refractivity (Wildman–Crippen MR) is 60.5 cm³/mol. The van der Waals surface area contributed by atoms with Crippen molar-refractivity contribution in [3.63, 3.8) is 0 Å². The quantitative estimate of drug-likeness (QED) is 0.720. The zero-order chi connectivity index (χ0) is 12.0. The van der Waals surface area contributed by atoms with E-state index < -0.39 is 5.24 Å². The molecule has 0 N–H and O–H groups in total. The number of benzene rings is 1. The first kappa shape index (κ1) is 12.6. The largest absolute Gasteiger partial charge is 0.493 e. The molecule has 4 nitrogen and oxygen atoms in total. The van der Waals surface area contributed by atoms with Crippen LogP contribution in [0.3, 0.4) is 0 Å². The average molecular weight is 245 g/mol. The van der Waals surface area contributed by atoms with Crippen molar-refractivity contribution in [1.82, 2.24) is 0 Å². The molecule has 0 fully saturated rings. The van der Waals surface area contributed by atoms with Gasteiger partial charge in [0.25, 0.3) is 0 Å². The molecule has 0 atom stereocenters. The summed E-state index contributed by atoms with van der Waals surface area (Å²) in [7, 11) is 3.07. The third-order valence-electron chi connectivity index (χ3n) is 1.93.